The molecule has 0 fully saturated rings. The SMILES string of the molecule is CCOc1cccc(C(NN)C(OC)C(C)C)c1. The van der Waals surface area contributed by atoms with Gasteiger partial charge in [-0.1, -0.05) is 26.0 Å². The summed E-state index contributed by atoms with van der Waals surface area (Å²) in [6.07, 6.45) is 0.0203. The molecule has 1 aromatic carbocycles. The van der Waals surface area contributed by atoms with E-state index in [0.717, 1.165) is 11.3 Å². The molecule has 0 bridgehead atoms. The first-order valence-electron chi connectivity index (χ1n) is 6.35. The molecule has 0 saturated heterocycles. The Balaban J connectivity index is 2.96. The van der Waals surface area contributed by atoms with E-state index in [4.69, 9.17) is 15.3 Å². The van der Waals surface area contributed by atoms with E-state index in [1.165, 1.54) is 0 Å². The van der Waals surface area contributed by atoms with Gasteiger partial charge in [0.15, 0.2) is 0 Å². The molecule has 0 heterocycles. The molecule has 102 valence electrons. The summed E-state index contributed by atoms with van der Waals surface area (Å²) in [4.78, 5) is 0. The van der Waals surface area contributed by atoms with Gasteiger partial charge in [-0.2, -0.15) is 0 Å². The maximum atomic E-state index is 5.67. The molecule has 0 aliphatic heterocycles. The van der Waals surface area contributed by atoms with E-state index in [1.54, 1.807) is 7.11 Å². The monoisotopic (exact) mass is 252 g/mol. The van der Waals surface area contributed by atoms with Gasteiger partial charge in [0.1, 0.15) is 5.75 Å². The van der Waals surface area contributed by atoms with Crippen molar-refractivity contribution < 1.29 is 9.47 Å². The third-order valence-corrected chi connectivity index (χ3v) is 2.97. The lowest BCUT2D eigenvalue weighted by Gasteiger charge is -2.29. The minimum atomic E-state index is -0.0459. The normalized spacial score (nSPS) is 14.6. The van der Waals surface area contributed by atoms with Crippen molar-refractivity contribution >= 4 is 0 Å². The van der Waals surface area contributed by atoms with E-state index in [1.807, 2.05) is 31.2 Å². The summed E-state index contributed by atoms with van der Waals surface area (Å²) < 4.78 is 11.0. The Morgan fingerprint density at radius 2 is 2.06 bits per heavy atom. The van der Waals surface area contributed by atoms with Crippen molar-refractivity contribution in [1.82, 2.24) is 5.43 Å². The average Bonchev–Trinajstić information content (AvgIpc) is 2.36. The molecule has 18 heavy (non-hydrogen) atoms. The molecule has 0 aliphatic rings. The molecule has 4 nitrogen and oxygen atoms in total. The van der Waals surface area contributed by atoms with Gasteiger partial charge in [0.2, 0.25) is 0 Å². The Bertz CT molecular complexity index is 355. The summed E-state index contributed by atoms with van der Waals surface area (Å²) in [7, 11) is 1.71. The number of methoxy groups -OCH3 is 1. The van der Waals surface area contributed by atoms with Crippen molar-refractivity contribution in [3.05, 3.63) is 29.8 Å². The van der Waals surface area contributed by atoms with Crippen LogP contribution < -0.4 is 16.0 Å². The Morgan fingerprint density at radius 3 is 2.56 bits per heavy atom. The van der Waals surface area contributed by atoms with Gasteiger partial charge < -0.3 is 9.47 Å². The Kier molecular flexibility index (Phi) is 6.12. The van der Waals surface area contributed by atoms with E-state index < -0.39 is 0 Å². The van der Waals surface area contributed by atoms with E-state index in [0.29, 0.717) is 12.5 Å². The number of nitrogens with one attached hydrogen (secondary N) is 1. The summed E-state index contributed by atoms with van der Waals surface area (Å²) in [5, 5.41) is 0. The first-order chi connectivity index (χ1) is 8.63. The Morgan fingerprint density at radius 1 is 1.33 bits per heavy atom. The van der Waals surface area contributed by atoms with Gasteiger partial charge in [0.05, 0.1) is 18.8 Å². The zero-order chi connectivity index (χ0) is 13.5. The highest BCUT2D eigenvalue weighted by Crippen LogP contribution is 2.26. The molecule has 0 radical (unpaired) electrons. The van der Waals surface area contributed by atoms with Crippen LogP contribution in [0.2, 0.25) is 0 Å². The van der Waals surface area contributed by atoms with Crippen molar-refractivity contribution in [1.29, 1.82) is 0 Å². The van der Waals surface area contributed by atoms with Gasteiger partial charge in [-0.15, -0.1) is 0 Å². The smallest absolute Gasteiger partial charge is 0.119 e. The minimum absolute atomic E-state index is 0.0203. The second kappa shape index (κ2) is 7.36. The molecule has 0 spiro atoms. The fourth-order valence-electron chi connectivity index (χ4n) is 2.14. The molecule has 0 amide bonds. The van der Waals surface area contributed by atoms with Crippen molar-refractivity contribution in [3.8, 4) is 5.75 Å². The number of nitrogens with two attached hydrogens (primary N) is 1. The van der Waals surface area contributed by atoms with E-state index in [-0.39, 0.29) is 12.1 Å². The predicted octanol–water partition coefficient (Wildman–Crippen LogP) is 2.26. The van der Waals surface area contributed by atoms with Gasteiger partial charge in [0, 0.05) is 7.11 Å². The quantitative estimate of drug-likeness (QED) is 0.577. The molecular weight excluding hydrogens is 228 g/mol. The average molecular weight is 252 g/mol. The third-order valence-electron chi connectivity index (χ3n) is 2.97. The second-order valence-electron chi connectivity index (χ2n) is 4.59. The molecule has 0 aliphatic carbocycles. The molecule has 0 aromatic heterocycles. The number of ether oxygens (including phenoxy) is 2. The van der Waals surface area contributed by atoms with E-state index in [2.05, 4.69) is 19.3 Å². The lowest BCUT2D eigenvalue weighted by atomic mass is 9.94. The van der Waals surface area contributed by atoms with Crippen LogP contribution in [0.3, 0.4) is 0 Å². The van der Waals surface area contributed by atoms with E-state index in [9.17, 15) is 0 Å². The van der Waals surface area contributed by atoms with Crippen LogP contribution in [0.15, 0.2) is 24.3 Å². The van der Waals surface area contributed by atoms with Crippen molar-refractivity contribution in [2.75, 3.05) is 13.7 Å². The summed E-state index contributed by atoms with van der Waals surface area (Å²) in [6.45, 7) is 6.86. The maximum absolute atomic E-state index is 5.67. The molecule has 2 unspecified atom stereocenters. The largest absolute Gasteiger partial charge is 0.494 e. The van der Waals surface area contributed by atoms with E-state index >= 15 is 0 Å². The summed E-state index contributed by atoms with van der Waals surface area (Å²) in [5.74, 6) is 6.90. The number of rotatable bonds is 7. The zero-order valence-electron chi connectivity index (χ0n) is 11.6. The van der Waals surface area contributed by atoms with Crippen LogP contribution in [0.4, 0.5) is 0 Å². The highest BCUT2D eigenvalue weighted by molar-refractivity contribution is 5.31. The number of hydrazine groups is 1. The number of benzene rings is 1. The van der Waals surface area contributed by atoms with Gasteiger partial charge >= 0.3 is 0 Å². The predicted molar refractivity (Wildman–Crippen MR) is 73.3 cm³/mol. The topological polar surface area (TPSA) is 56.5 Å². The van der Waals surface area contributed by atoms with Gasteiger partial charge in [0.25, 0.3) is 0 Å². The maximum Gasteiger partial charge on any atom is 0.119 e. The van der Waals surface area contributed by atoms with Crippen molar-refractivity contribution in [2.45, 2.75) is 32.9 Å². The van der Waals surface area contributed by atoms with Crippen molar-refractivity contribution in [2.24, 2.45) is 11.8 Å². The lowest BCUT2D eigenvalue weighted by molar-refractivity contribution is 0.0325. The molecule has 4 heteroatoms. The van der Waals surface area contributed by atoms with Crippen LogP contribution in [0, 0.1) is 5.92 Å². The molecule has 3 N–H and O–H groups in total. The molecule has 1 aromatic rings. The molecule has 1 rings (SSSR count). The summed E-state index contributed by atoms with van der Waals surface area (Å²) in [6, 6.07) is 7.90. The second-order valence-corrected chi connectivity index (χ2v) is 4.59. The summed E-state index contributed by atoms with van der Waals surface area (Å²) in [5.41, 5.74) is 3.91. The van der Waals surface area contributed by atoms with Crippen LogP contribution in [0.5, 0.6) is 5.75 Å². The lowest BCUT2D eigenvalue weighted by Crippen LogP contribution is -2.40. The summed E-state index contributed by atoms with van der Waals surface area (Å²) >= 11 is 0. The fraction of sp³-hybridized carbons (Fsp3) is 0.571. The standard InChI is InChI=1S/C14H24N2O2/c1-5-18-12-8-6-7-11(9-12)13(16-15)14(17-4)10(2)3/h6-10,13-14,16H,5,15H2,1-4H3. The van der Waals surface area contributed by atoms with Crippen LogP contribution in [0.25, 0.3) is 0 Å². The first-order valence-corrected chi connectivity index (χ1v) is 6.35. The zero-order valence-corrected chi connectivity index (χ0v) is 11.6. The third kappa shape index (κ3) is 3.70. The van der Waals surface area contributed by atoms with Crippen molar-refractivity contribution in [3.63, 3.8) is 0 Å². The first kappa shape index (κ1) is 15.0. The van der Waals surface area contributed by atoms with Gasteiger partial charge in [-0.25, -0.2) is 0 Å². The highest BCUT2D eigenvalue weighted by Gasteiger charge is 2.25. The molecule has 0 saturated carbocycles. The van der Waals surface area contributed by atoms with Crippen LogP contribution >= 0.6 is 0 Å². The Labute approximate surface area is 109 Å². The Hall–Kier alpha value is -1.10. The van der Waals surface area contributed by atoms with Crippen LogP contribution in [-0.2, 0) is 4.74 Å². The highest BCUT2D eigenvalue weighted by atomic mass is 16.5. The number of hydrogen-bond donors (Lipinski definition) is 2. The van der Waals surface area contributed by atoms with Crippen LogP contribution in [0.1, 0.15) is 32.4 Å². The van der Waals surface area contributed by atoms with Gasteiger partial charge in [-0.3, -0.25) is 11.3 Å². The number of hydrogen-bond acceptors (Lipinski definition) is 4. The van der Waals surface area contributed by atoms with Crippen LogP contribution in [-0.4, -0.2) is 19.8 Å². The van der Waals surface area contributed by atoms with Gasteiger partial charge in [-0.05, 0) is 30.5 Å². The molecule has 2 atom stereocenters. The molecular formula is C14H24N2O2. The minimum Gasteiger partial charge on any atom is -0.494 e. The fourth-order valence-corrected chi connectivity index (χ4v) is 2.14.